The van der Waals surface area contributed by atoms with Gasteiger partial charge in [0.05, 0.1) is 6.61 Å². The standard InChI is InChI=1S/C23H25N3O7/c1-3-31-20(28)13-33-18-10-8-15(9-11-18)21(29)19(12-32-14(2)27)26-23(30)17-6-4-16(5-7-17)22(24)25/h4-11,19H,3,12-13H2,1-2H3,(H3,24,25)(H,26,30)/t19-/m0/s1. The van der Waals surface area contributed by atoms with Crippen LogP contribution in [0, 0.1) is 5.41 Å². The molecule has 0 spiro atoms. The molecule has 33 heavy (non-hydrogen) atoms. The minimum Gasteiger partial charge on any atom is -0.482 e. The first kappa shape index (κ1) is 25.1. The van der Waals surface area contributed by atoms with Gasteiger partial charge in [0, 0.05) is 23.6 Å². The normalized spacial score (nSPS) is 11.1. The highest BCUT2D eigenvalue weighted by atomic mass is 16.6. The predicted octanol–water partition coefficient (Wildman–Crippen LogP) is 1.46. The molecular weight excluding hydrogens is 430 g/mol. The SMILES string of the molecule is CCOC(=O)COc1ccc(C(=O)[C@H](COC(C)=O)NC(=O)c2ccc(C(=N)N)cc2)cc1. The number of rotatable bonds is 11. The zero-order valence-corrected chi connectivity index (χ0v) is 18.3. The molecule has 0 aliphatic heterocycles. The van der Waals surface area contributed by atoms with E-state index in [2.05, 4.69) is 5.32 Å². The molecule has 0 saturated carbocycles. The largest absolute Gasteiger partial charge is 0.482 e. The lowest BCUT2D eigenvalue weighted by molar-refractivity contribution is -0.145. The summed E-state index contributed by atoms with van der Waals surface area (Å²) < 4.78 is 15.0. The van der Waals surface area contributed by atoms with Gasteiger partial charge in [0.1, 0.15) is 24.2 Å². The van der Waals surface area contributed by atoms with Gasteiger partial charge in [0.2, 0.25) is 0 Å². The van der Waals surface area contributed by atoms with Crippen molar-refractivity contribution in [3.05, 3.63) is 65.2 Å². The molecule has 2 aromatic rings. The fraction of sp³-hybridized carbons (Fsp3) is 0.261. The molecule has 174 valence electrons. The molecule has 0 unspecified atom stereocenters. The van der Waals surface area contributed by atoms with Crippen LogP contribution in [0.15, 0.2) is 48.5 Å². The molecule has 2 aromatic carbocycles. The number of hydrogen-bond donors (Lipinski definition) is 3. The average Bonchev–Trinajstić information content (AvgIpc) is 2.80. The van der Waals surface area contributed by atoms with E-state index in [1.54, 1.807) is 6.92 Å². The minimum atomic E-state index is -1.14. The van der Waals surface area contributed by atoms with Gasteiger partial charge < -0.3 is 25.3 Å². The maximum absolute atomic E-state index is 13.0. The molecule has 0 aromatic heterocycles. The second-order valence-electron chi connectivity index (χ2n) is 6.80. The number of carbonyl (C=O) groups excluding carboxylic acids is 4. The summed E-state index contributed by atoms with van der Waals surface area (Å²) in [6, 6.07) is 10.7. The molecule has 1 amide bonds. The summed E-state index contributed by atoms with van der Waals surface area (Å²) in [7, 11) is 0. The summed E-state index contributed by atoms with van der Waals surface area (Å²) in [6.45, 7) is 2.50. The van der Waals surface area contributed by atoms with Crippen molar-refractivity contribution in [1.29, 1.82) is 5.41 Å². The highest BCUT2D eigenvalue weighted by molar-refractivity contribution is 6.05. The zero-order valence-electron chi connectivity index (χ0n) is 18.3. The molecule has 0 saturated heterocycles. The van der Waals surface area contributed by atoms with Crippen molar-refractivity contribution in [2.75, 3.05) is 19.8 Å². The third-order valence-corrected chi connectivity index (χ3v) is 4.33. The van der Waals surface area contributed by atoms with E-state index in [9.17, 15) is 19.2 Å². The highest BCUT2D eigenvalue weighted by Gasteiger charge is 2.24. The first-order valence-electron chi connectivity index (χ1n) is 10.0. The molecule has 0 radical (unpaired) electrons. The first-order chi connectivity index (χ1) is 15.7. The Morgan fingerprint density at radius 1 is 0.939 bits per heavy atom. The van der Waals surface area contributed by atoms with Gasteiger partial charge in [0.25, 0.3) is 5.91 Å². The Bertz CT molecular complexity index is 1020. The monoisotopic (exact) mass is 455 g/mol. The van der Waals surface area contributed by atoms with Crippen LogP contribution >= 0.6 is 0 Å². The van der Waals surface area contributed by atoms with Gasteiger partial charge in [-0.3, -0.25) is 19.8 Å². The topological polar surface area (TPSA) is 158 Å². The number of ketones is 1. The van der Waals surface area contributed by atoms with Crippen LogP contribution in [0.25, 0.3) is 0 Å². The van der Waals surface area contributed by atoms with Crippen LogP contribution in [-0.2, 0) is 19.1 Å². The zero-order chi connectivity index (χ0) is 24.4. The van der Waals surface area contributed by atoms with Crippen molar-refractivity contribution in [2.24, 2.45) is 5.73 Å². The lowest BCUT2D eigenvalue weighted by Crippen LogP contribution is -2.44. The summed E-state index contributed by atoms with van der Waals surface area (Å²) in [5.74, 6) is -1.95. The quantitative estimate of drug-likeness (QED) is 0.199. The third kappa shape index (κ3) is 7.76. The molecule has 0 heterocycles. The van der Waals surface area contributed by atoms with E-state index in [0.717, 1.165) is 0 Å². The van der Waals surface area contributed by atoms with Crippen molar-refractivity contribution in [3.63, 3.8) is 0 Å². The Balaban J connectivity index is 2.11. The smallest absolute Gasteiger partial charge is 0.344 e. The van der Waals surface area contributed by atoms with E-state index in [1.165, 1.54) is 55.5 Å². The predicted molar refractivity (Wildman–Crippen MR) is 118 cm³/mol. The lowest BCUT2D eigenvalue weighted by atomic mass is 10.0. The number of nitrogens with two attached hydrogens (primary N) is 1. The molecule has 0 aliphatic rings. The van der Waals surface area contributed by atoms with E-state index in [0.29, 0.717) is 11.3 Å². The number of nitrogen functional groups attached to an aromatic ring is 1. The number of carbonyl (C=O) groups is 4. The van der Waals surface area contributed by atoms with Crippen LogP contribution < -0.4 is 15.8 Å². The number of amidine groups is 1. The number of benzene rings is 2. The van der Waals surface area contributed by atoms with Crippen LogP contribution in [0.2, 0.25) is 0 Å². The van der Waals surface area contributed by atoms with Gasteiger partial charge in [-0.25, -0.2) is 4.79 Å². The van der Waals surface area contributed by atoms with Crippen molar-refractivity contribution in [1.82, 2.24) is 5.32 Å². The van der Waals surface area contributed by atoms with Gasteiger partial charge in [-0.15, -0.1) is 0 Å². The van der Waals surface area contributed by atoms with Crippen molar-refractivity contribution < 1.29 is 33.4 Å². The number of esters is 2. The van der Waals surface area contributed by atoms with Crippen LogP contribution in [0.1, 0.15) is 40.1 Å². The maximum atomic E-state index is 13.0. The fourth-order valence-electron chi connectivity index (χ4n) is 2.69. The van der Waals surface area contributed by atoms with Gasteiger partial charge in [0.15, 0.2) is 12.4 Å². The molecule has 2 rings (SSSR count). The Morgan fingerprint density at radius 3 is 2.06 bits per heavy atom. The molecule has 10 nitrogen and oxygen atoms in total. The molecule has 0 fully saturated rings. The van der Waals surface area contributed by atoms with Crippen LogP contribution in [0.3, 0.4) is 0 Å². The average molecular weight is 455 g/mol. The van der Waals surface area contributed by atoms with Crippen LogP contribution in [0.5, 0.6) is 5.75 Å². The summed E-state index contributed by atoms with van der Waals surface area (Å²) in [5, 5.41) is 9.97. The van der Waals surface area contributed by atoms with Crippen LogP contribution in [0.4, 0.5) is 0 Å². The molecular formula is C23H25N3O7. The Morgan fingerprint density at radius 2 is 1.52 bits per heavy atom. The summed E-state index contributed by atoms with van der Waals surface area (Å²) >= 11 is 0. The minimum absolute atomic E-state index is 0.139. The molecule has 0 aliphatic carbocycles. The summed E-state index contributed by atoms with van der Waals surface area (Å²) in [4.78, 5) is 48.2. The second kappa shape index (κ2) is 12.0. The summed E-state index contributed by atoms with van der Waals surface area (Å²) in [6.07, 6.45) is 0. The number of hydrogen-bond acceptors (Lipinski definition) is 8. The van der Waals surface area contributed by atoms with Gasteiger partial charge in [-0.2, -0.15) is 0 Å². The molecule has 0 bridgehead atoms. The Kier molecular flexibility index (Phi) is 9.10. The lowest BCUT2D eigenvalue weighted by Gasteiger charge is -2.18. The second-order valence-corrected chi connectivity index (χ2v) is 6.80. The van der Waals surface area contributed by atoms with Gasteiger partial charge >= 0.3 is 11.9 Å². The molecule has 1 atom stereocenters. The van der Waals surface area contributed by atoms with E-state index in [-0.39, 0.29) is 36.8 Å². The number of amides is 1. The van der Waals surface area contributed by atoms with Crippen molar-refractivity contribution in [2.45, 2.75) is 19.9 Å². The number of nitrogens with one attached hydrogen (secondary N) is 2. The van der Waals surface area contributed by atoms with E-state index in [1.807, 2.05) is 0 Å². The maximum Gasteiger partial charge on any atom is 0.344 e. The van der Waals surface area contributed by atoms with E-state index >= 15 is 0 Å². The fourth-order valence-corrected chi connectivity index (χ4v) is 2.69. The van der Waals surface area contributed by atoms with E-state index < -0.39 is 29.7 Å². The summed E-state index contributed by atoms with van der Waals surface area (Å²) in [5.41, 5.74) is 6.33. The molecule has 4 N–H and O–H groups in total. The van der Waals surface area contributed by atoms with Crippen molar-refractivity contribution in [3.8, 4) is 5.75 Å². The Hall–Kier alpha value is -4.21. The van der Waals surface area contributed by atoms with Gasteiger partial charge in [-0.05, 0) is 43.3 Å². The van der Waals surface area contributed by atoms with E-state index in [4.69, 9.17) is 25.4 Å². The van der Waals surface area contributed by atoms with Crippen LogP contribution in [-0.4, -0.2) is 55.3 Å². The molecule has 10 heteroatoms. The first-order valence-corrected chi connectivity index (χ1v) is 10.0. The van der Waals surface area contributed by atoms with Crippen molar-refractivity contribution >= 4 is 29.5 Å². The highest BCUT2D eigenvalue weighted by Crippen LogP contribution is 2.14. The third-order valence-electron chi connectivity index (χ3n) is 4.33. The number of Topliss-reactive ketones (excluding diaryl/α,β-unsaturated/α-hetero) is 1. The van der Waals surface area contributed by atoms with Gasteiger partial charge in [-0.1, -0.05) is 12.1 Å². The number of ether oxygens (including phenoxy) is 3. The Labute approximate surface area is 190 Å².